The van der Waals surface area contributed by atoms with E-state index in [-0.39, 0.29) is 17.8 Å². The molecule has 2 heterocycles. The highest BCUT2D eigenvalue weighted by molar-refractivity contribution is 6.03. The molecular formula is C28H29N3O3. The lowest BCUT2D eigenvalue weighted by molar-refractivity contribution is 0.102. The largest absolute Gasteiger partial charge is 0.459 e. The summed E-state index contributed by atoms with van der Waals surface area (Å²) in [5, 5.41) is 10.4. The summed E-state index contributed by atoms with van der Waals surface area (Å²) in [6.07, 6.45) is 9.46. The molecule has 1 fully saturated rings. The minimum Gasteiger partial charge on any atom is -0.459 e. The number of anilines is 1. The molecule has 0 spiro atoms. The number of hydrogen-bond acceptors (Lipinski definition) is 5. The SMILES string of the molecule is CCCC1CCC(c2ccc(-c3cccc(C(=O)Nc4nnc(-c5ccco5)o4)c3)cc2)CC1. The molecular weight excluding hydrogens is 426 g/mol. The maximum atomic E-state index is 12.8. The van der Waals surface area contributed by atoms with Crippen LogP contribution in [0.4, 0.5) is 6.01 Å². The van der Waals surface area contributed by atoms with Gasteiger partial charge in [-0.25, -0.2) is 0 Å². The van der Waals surface area contributed by atoms with Crippen molar-refractivity contribution in [3.8, 4) is 22.8 Å². The second-order valence-electron chi connectivity index (χ2n) is 9.05. The number of nitrogens with one attached hydrogen (secondary N) is 1. The third kappa shape index (κ3) is 4.96. The summed E-state index contributed by atoms with van der Waals surface area (Å²) >= 11 is 0. The summed E-state index contributed by atoms with van der Waals surface area (Å²) in [5.41, 5.74) is 4.04. The van der Waals surface area contributed by atoms with Crippen molar-refractivity contribution in [3.05, 3.63) is 78.1 Å². The van der Waals surface area contributed by atoms with Crippen molar-refractivity contribution in [1.82, 2.24) is 10.2 Å². The van der Waals surface area contributed by atoms with E-state index in [4.69, 9.17) is 8.83 Å². The van der Waals surface area contributed by atoms with Gasteiger partial charge >= 0.3 is 6.01 Å². The van der Waals surface area contributed by atoms with E-state index in [0.717, 1.165) is 17.0 Å². The highest BCUT2D eigenvalue weighted by Crippen LogP contribution is 2.38. The summed E-state index contributed by atoms with van der Waals surface area (Å²) in [4.78, 5) is 12.8. The number of carbonyl (C=O) groups excluding carboxylic acids is 1. The standard InChI is InChI=1S/C28H29N3O3/c1-2-5-19-9-11-20(12-10-19)21-13-15-22(16-14-21)23-6-3-7-24(18-23)26(32)29-28-31-30-27(34-28)25-8-4-17-33-25/h3-4,6-8,13-20H,2,5,9-12H2,1H3,(H,29,31,32). The summed E-state index contributed by atoms with van der Waals surface area (Å²) in [5.74, 6) is 1.94. The topological polar surface area (TPSA) is 81.2 Å². The summed E-state index contributed by atoms with van der Waals surface area (Å²) in [6, 6.07) is 19.9. The lowest BCUT2D eigenvalue weighted by atomic mass is 9.77. The molecule has 6 heteroatoms. The fourth-order valence-electron chi connectivity index (χ4n) is 4.92. The van der Waals surface area contributed by atoms with Crippen LogP contribution in [0, 0.1) is 5.92 Å². The van der Waals surface area contributed by atoms with E-state index >= 15 is 0 Å². The van der Waals surface area contributed by atoms with Gasteiger partial charge in [0.2, 0.25) is 0 Å². The van der Waals surface area contributed by atoms with Gasteiger partial charge in [-0.15, -0.1) is 5.10 Å². The maximum absolute atomic E-state index is 12.8. The highest BCUT2D eigenvalue weighted by Gasteiger charge is 2.22. The van der Waals surface area contributed by atoms with Crippen LogP contribution in [0.3, 0.4) is 0 Å². The predicted molar refractivity (Wildman–Crippen MR) is 131 cm³/mol. The van der Waals surface area contributed by atoms with Crippen LogP contribution in [-0.2, 0) is 0 Å². The smallest absolute Gasteiger partial charge is 0.322 e. The van der Waals surface area contributed by atoms with Gasteiger partial charge in [0.05, 0.1) is 6.26 Å². The lowest BCUT2D eigenvalue weighted by Crippen LogP contribution is -2.13. The fraction of sp³-hybridized carbons (Fsp3) is 0.321. The van der Waals surface area contributed by atoms with E-state index < -0.39 is 0 Å². The van der Waals surface area contributed by atoms with Gasteiger partial charge in [0.15, 0.2) is 5.76 Å². The third-order valence-electron chi connectivity index (χ3n) is 6.76. The number of rotatable bonds is 7. The summed E-state index contributed by atoms with van der Waals surface area (Å²) in [6.45, 7) is 2.28. The van der Waals surface area contributed by atoms with E-state index in [1.165, 1.54) is 50.4 Å². The van der Waals surface area contributed by atoms with Crippen molar-refractivity contribution in [2.75, 3.05) is 5.32 Å². The second kappa shape index (κ2) is 10.1. The van der Waals surface area contributed by atoms with Crippen LogP contribution in [0.1, 0.15) is 67.3 Å². The van der Waals surface area contributed by atoms with Crippen molar-refractivity contribution in [2.45, 2.75) is 51.4 Å². The van der Waals surface area contributed by atoms with Crippen LogP contribution < -0.4 is 5.32 Å². The molecule has 0 bridgehead atoms. The van der Waals surface area contributed by atoms with Crippen molar-refractivity contribution in [1.29, 1.82) is 0 Å². The number of carbonyl (C=O) groups is 1. The third-order valence-corrected chi connectivity index (χ3v) is 6.76. The normalized spacial score (nSPS) is 18.0. The van der Waals surface area contributed by atoms with Gasteiger partial charge in [0, 0.05) is 5.56 Å². The molecule has 1 saturated carbocycles. The molecule has 0 unspecified atom stereocenters. The molecule has 174 valence electrons. The molecule has 1 aliphatic rings. The van der Waals surface area contributed by atoms with Gasteiger partial charge in [-0.1, -0.05) is 61.3 Å². The molecule has 1 amide bonds. The van der Waals surface area contributed by atoms with Crippen molar-refractivity contribution in [2.24, 2.45) is 5.92 Å². The number of aromatic nitrogens is 2. The van der Waals surface area contributed by atoms with Gasteiger partial charge in [-0.2, -0.15) is 0 Å². The first kappa shape index (κ1) is 22.1. The van der Waals surface area contributed by atoms with E-state index in [2.05, 4.69) is 46.7 Å². The number of benzene rings is 2. The Bertz CT molecular complexity index is 1220. The molecule has 2 aromatic carbocycles. The van der Waals surface area contributed by atoms with Crippen molar-refractivity contribution >= 4 is 11.9 Å². The molecule has 2 aromatic heterocycles. The van der Waals surface area contributed by atoms with Crippen LogP contribution in [0.5, 0.6) is 0 Å². The second-order valence-corrected chi connectivity index (χ2v) is 9.05. The van der Waals surface area contributed by atoms with Gasteiger partial charge in [0.1, 0.15) is 0 Å². The Morgan fingerprint density at radius 3 is 2.53 bits per heavy atom. The zero-order chi connectivity index (χ0) is 23.3. The zero-order valence-electron chi connectivity index (χ0n) is 19.4. The van der Waals surface area contributed by atoms with Gasteiger partial charge < -0.3 is 8.83 Å². The van der Waals surface area contributed by atoms with Crippen molar-refractivity contribution < 1.29 is 13.6 Å². The van der Waals surface area contributed by atoms with E-state index in [1.54, 1.807) is 18.2 Å². The monoisotopic (exact) mass is 455 g/mol. The molecule has 0 radical (unpaired) electrons. The van der Waals surface area contributed by atoms with Crippen LogP contribution in [0.15, 0.2) is 75.8 Å². The molecule has 1 N–H and O–H groups in total. The fourth-order valence-corrected chi connectivity index (χ4v) is 4.92. The Labute approximate surface area is 199 Å². The van der Waals surface area contributed by atoms with E-state index in [1.807, 2.05) is 18.2 Å². The molecule has 5 rings (SSSR count). The molecule has 4 aromatic rings. The van der Waals surface area contributed by atoms with Gasteiger partial charge in [0.25, 0.3) is 11.8 Å². The van der Waals surface area contributed by atoms with Gasteiger partial charge in [-0.05, 0) is 78.5 Å². The van der Waals surface area contributed by atoms with Gasteiger partial charge in [-0.3, -0.25) is 10.1 Å². The Hall–Kier alpha value is -3.67. The molecule has 34 heavy (non-hydrogen) atoms. The van der Waals surface area contributed by atoms with E-state index in [0.29, 0.717) is 17.2 Å². The molecule has 0 atom stereocenters. The molecule has 6 nitrogen and oxygen atoms in total. The Morgan fingerprint density at radius 1 is 0.971 bits per heavy atom. The minimum atomic E-state index is -0.308. The molecule has 0 aliphatic heterocycles. The van der Waals surface area contributed by atoms with Crippen molar-refractivity contribution in [3.63, 3.8) is 0 Å². The van der Waals surface area contributed by atoms with E-state index in [9.17, 15) is 4.79 Å². The number of nitrogens with zero attached hydrogens (tertiary/aromatic N) is 2. The molecule has 1 aliphatic carbocycles. The summed E-state index contributed by atoms with van der Waals surface area (Å²) < 4.78 is 10.7. The predicted octanol–water partition coefficient (Wildman–Crippen LogP) is 7.32. The Kier molecular flexibility index (Phi) is 6.56. The van der Waals surface area contributed by atoms with Crippen LogP contribution in [0.25, 0.3) is 22.8 Å². The Morgan fingerprint density at radius 2 is 1.79 bits per heavy atom. The number of furan rings is 1. The maximum Gasteiger partial charge on any atom is 0.322 e. The lowest BCUT2D eigenvalue weighted by Gasteiger charge is -2.28. The quantitative estimate of drug-likeness (QED) is 0.316. The average molecular weight is 456 g/mol. The number of amides is 1. The number of hydrogen-bond donors (Lipinski definition) is 1. The van der Waals surface area contributed by atoms with Crippen LogP contribution >= 0.6 is 0 Å². The summed E-state index contributed by atoms with van der Waals surface area (Å²) in [7, 11) is 0. The first-order valence-electron chi connectivity index (χ1n) is 12.1. The molecule has 0 saturated heterocycles. The van der Waals surface area contributed by atoms with Crippen LogP contribution in [-0.4, -0.2) is 16.1 Å². The highest BCUT2D eigenvalue weighted by atomic mass is 16.4. The van der Waals surface area contributed by atoms with Crippen LogP contribution in [0.2, 0.25) is 0 Å². The Balaban J connectivity index is 1.24. The first-order valence-corrected chi connectivity index (χ1v) is 12.1. The zero-order valence-corrected chi connectivity index (χ0v) is 19.4. The average Bonchev–Trinajstić information content (AvgIpc) is 3.57. The first-order chi connectivity index (χ1) is 16.7. The minimum absolute atomic E-state index is 0.0276.